The van der Waals surface area contributed by atoms with Gasteiger partial charge in [-0.2, -0.15) is 0 Å². The molecule has 1 rings (SSSR count). The van der Waals surface area contributed by atoms with Crippen molar-refractivity contribution in [3.8, 4) is 5.75 Å². The van der Waals surface area contributed by atoms with E-state index in [4.69, 9.17) is 22.1 Å². The van der Waals surface area contributed by atoms with Crippen LogP contribution in [0.25, 0.3) is 0 Å². The molecule has 0 spiro atoms. The van der Waals surface area contributed by atoms with Gasteiger partial charge in [-0.3, -0.25) is 4.79 Å². The number of nitrogens with two attached hydrogens (primary N) is 1. The maximum atomic E-state index is 11.6. The number of hydrogen-bond acceptors (Lipinski definition) is 3. The van der Waals surface area contributed by atoms with E-state index >= 15 is 0 Å². The predicted octanol–water partition coefficient (Wildman–Crippen LogP) is 1.70. The number of nitrogens with zero attached hydrogens (tertiary/aromatic N) is 1. The Bertz CT molecular complexity index is 410. The van der Waals surface area contributed by atoms with Crippen LogP contribution in [0.1, 0.15) is 12.5 Å². The first-order chi connectivity index (χ1) is 8.60. The van der Waals surface area contributed by atoms with Crippen molar-refractivity contribution in [2.45, 2.75) is 13.3 Å². The number of halogens is 1. The summed E-state index contributed by atoms with van der Waals surface area (Å²) in [5.74, 6) is 0.571. The van der Waals surface area contributed by atoms with Gasteiger partial charge in [0.2, 0.25) is 0 Å². The molecule has 0 aromatic heterocycles. The summed E-state index contributed by atoms with van der Waals surface area (Å²) in [6.07, 6.45) is 0.632. The van der Waals surface area contributed by atoms with Crippen LogP contribution in [-0.2, 0) is 11.2 Å². The average molecular weight is 271 g/mol. The first kappa shape index (κ1) is 14.8. The summed E-state index contributed by atoms with van der Waals surface area (Å²) in [5, 5.41) is 0.620. The van der Waals surface area contributed by atoms with E-state index in [0.717, 1.165) is 5.56 Å². The molecule has 0 aliphatic carbocycles. The van der Waals surface area contributed by atoms with E-state index in [1.807, 2.05) is 6.92 Å². The number of benzene rings is 1. The Kier molecular flexibility index (Phi) is 5.95. The average Bonchev–Trinajstić information content (AvgIpc) is 2.38. The Hall–Kier alpha value is -1.26. The van der Waals surface area contributed by atoms with Crippen molar-refractivity contribution in [2.24, 2.45) is 5.73 Å². The molecule has 0 aliphatic heterocycles. The topological polar surface area (TPSA) is 55.6 Å². The Morgan fingerprint density at radius 1 is 1.50 bits per heavy atom. The number of rotatable bonds is 6. The van der Waals surface area contributed by atoms with Gasteiger partial charge in [0.1, 0.15) is 5.75 Å². The number of hydrogen-bond donors (Lipinski definition) is 1. The highest BCUT2D eigenvalue weighted by molar-refractivity contribution is 6.31. The Balaban J connectivity index is 2.72. The van der Waals surface area contributed by atoms with Gasteiger partial charge in [-0.1, -0.05) is 17.7 Å². The number of carbonyl (C=O) groups excluding carboxylic acids is 1. The van der Waals surface area contributed by atoms with Crippen LogP contribution in [0.2, 0.25) is 5.02 Å². The fraction of sp³-hybridized carbons (Fsp3) is 0.462. The van der Waals surface area contributed by atoms with E-state index < -0.39 is 0 Å². The molecule has 1 aromatic carbocycles. The summed E-state index contributed by atoms with van der Waals surface area (Å²) in [6.45, 7) is 3.08. The van der Waals surface area contributed by atoms with Crippen LogP contribution in [0.3, 0.4) is 0 Å². The summed E-state index contributed by atoms with van der Waals surface area (Å²) in [6, 6.07) is 5.39. The van der Waals surface area contributed by atoms with Crippen LogP contribution in [0.4, 0.5) is 0 Å². The van der Waals surface area contributed by atoms with Crippen LogP contribution in [0.5, 0.6) is 5.75 Å². The minimum Gasteiger partial charge on any atom is -0.483 e. The van der Waals surface area contributed by atoms with Crippen molar-refractivity contribution in [1.82, 2.24) is 4.90 Å². The van der Waals surface area contributed by atoms with Gasteiger partial charge in [0.05, 0.1) is 0 Å². The van der Waals surface area contributed by atoms with Crippen molar-refractivity contribution in [1.29, 1.82) is 0 Å². The lowest BCUT2D eigenvalue weighted by molar-refractivity contribution is -0.131. The molecule has 0 aliphatic rings. The standard InChI is InChI=1S/C13H19ClN2O2/c1-3-16(2)13(17)9-18-12-6-4-5-11(14)10(12)7-8-15/h4-6H,3,7-9,15H2,1-2H3. The van der Waals surface area contributed by atoms with Gasteiger partial charge in [-0.15, -0.1) is 0 Å². The zero-order valence-corrected chi connectivity index (χ0v) is 11.5. The molecule has 0 unspecified atom stereocenters. The van der Waals surface area contributed by atoms with Gasteiger partial charge in [-0.05, 0) is 32.0 Å². The van der Waals surface area contributed by atoms with E-state index in [1.165, 1.54) is 0 Å². The van der Waals surface area contributed by atoms with Crippen molar-refractivity contribution >= 4 is 17.5 Å². The summed E-state index contributed by atoms with van der Waals surface area (Å²) in [5.41, 5.74) is 6.39. The lowest BCUT2D eigenvalue weighted by atomic mass is 10.1. The molecule has 100 valence electrons. The molecule has 1 aromatic rings. The number of carbonyl (C=O) groups is 1. The van der Waals surface area contributed by atoms with Gasteiger partial charge >= 0.3 is 0 Å². The fourth-order valence-corrected chi connectivity index (χ4v) is 1.75. The summed E-state index contributed by atoms with van der Waals surface area (Å²) in [4.78, 5) is 13.2. The fourth-order valence-electron chi connectivity index (χ4n) is 1.49. The Labute approximate surface area is 113 Å². The van der Waals surface area contributed by atoms with Crippen molar-refractivity contribution in [3.05, 3.63) is 28.8 Å². The third kappa shape index (κ3) is 3.89. The van der Waals surface area contributed by atoms with Crippen molar-refractivity contribution in [3.63, 3.8) is 0 Å². The lowest BCUT2D eigenvalue weighted by Gasteiger charge is -2.16. The van der Waals surface area contributed by atoms with E-state index in [1.54, 1.807) is 30.1 Å². The summed E-state index contributed by atoms with van der Waals surface area (Å²) < 4.78 is 5.52. The highest BCUT2D eigenvalue weighted by atomic mass is 35.5. The largest absolute Gasteiger partial charge is 0.483 e. The molecule has 2 N–H and O–H groups in total. The summed E-state index contributed by atoms with van der Waals surface area (Å²) in [7, 11) is 1.74. The van der Waals surface area contributed by atoms with E-state index in [-0.39, 0.29) is 12.5 Å². The second kappa shape index (κ2) is 7.24. The molecule has 0 radical (unpaired) electrons. The Morgan fingerprint density at radius 2 is 2.22 bits per heavy atom. The highest BCUT2D eigenvalue weighted by Crippen LogP contribution is 2.26. The molecular formula is C13H19ClN2O2. The number of ether oxygens (including phenoxy) is 1. The van der Waals surface area contributed by atoms with E-state index in [2.05, 4.69) is 0 Å². The molecule has 0 atom stereocenters. The minimum atomic E-state index is -0.0591. The van der Waals surface area contributed by atoms with Gasteiger partial charge in [-0.25, -0.2) is 0 Å². The monoisotopic (exact) mass is 270 g/mol. The van der Waals surface area contributed by atoms with E-state index in [9.17, 15) is 4.79 Å². The van der Waals surface area contributed by atoms with Crippen LogP contribution in [0.15, 0.2) is 18.2 Å². The maximum Gasteiger partial charge on any atom is 0.260 e. The number of likely N-dealkylation sites (N-methyl/N-ethyl adjacent to an activating group) is 1. The third-order valence-electron chi connectivity index (χ3n) is 2.72. The molecule has 5 heteroatoms. The van der Waals surface area contributed by atoms with Gasteiger partial charge in [0.25, 0.3) is 5.91 Å². The molecule has 0 fully saturated rings. The van der Waals surface area contributed by atoms with E-state index in [0.29, 0.717) is 30.3 Å². The normalized spacial score (nSPS) is 10.2. The molecule has 18 heavy (non-hydrogen) atoms. The van der Waals surface area contributed by atoms with Crippen LogP contribution < -0.4 is 10.5 Å². The smallest absolute Gasteiger partial charge is 0.260 e. The van der Waals surface area contributed by atoms with Crippen molar-refractivity contribution in [2.75, 3.05) is 26.7 Å². The van der Waals surface area contributed by atoms with Crippen LogP contribution in [-0.4, -0.2) is 37.6 Å². The Morgan fingerprint density at radius 3 is 2.83 bits per heavy atom. The van der Waals surface area contributed by atoms with Gasteiger partial charge in [0, 0.05) is 24.2 Å². The molecule has 0 bridgehead atoms. The molecule has 0 heterocycles. The zero-order valence-electron chi connectivity index (χ0n) is 10.8. The first-order valence-electron chi connectivity index (χ1n) is 5.94. The zero-order chi connectivity index (χ0) is 13.5. The lowest BCUT2D eigenvalue weighted by Crippen LogP contribution is -2.31. The highest BCUT2D eigenvalue weighted by Gasteiger charge is 2.11. The van der Waals surface area contributed by atoms with Gasteiger partial charge in [0.15, 0.2) is 6.61 Å². The molecule has 0 saturated carbocycles. The van der Waals surface area contributed by atoms with Crippen LogP contribution >= 0.6 is 11.6 Å². The van der Waals surface area contributed by atoms with Gasteiger partial charge < -0.3 is 15.4 Å². The van der Waals surface area contributed by atoms with Crippen molar-refractivity contribution < 1.29 is 9.53 Å². The third-order valence-corrected chi connectivity index (χ3v) is 3.08. The quantitative estimate of drug-likeness (QED) is 0.856. The van der Waals surface area contributed by atoms with Crippen LogP contribution in [0, 0.1) is 0 Å². The first-order valence-corrected chi connectivity index (χ1v) is 6.32. The SMILES string of the molecule is CCN(C)C(=O)COc1cccc(Cl)c1CCN. The minimum absolute atomic E-state index is 0.0161. The summed E-state index contributed by atoms with van der Waals surface area (Å²) >= 11 is 6.08. The molecule has 1 amide bonds. The predicted molar refractivity (Wildman–Crippen MR) is 73.0 cm³/mol. The number of amides is 1. The molecular weight excluding hydrogens is 252 g/mol. The second-order valence-corrected chi connectivity index (χ2v) is 4.36. The second-order valence-electron chi connectivity index (χ2n) is 3.95. The maximum absolute atomic E-state index is 11.6. The molecule has 4 nitrogen and oxygen atoms in total. The molecule has 0 saturated heterocycles.